The van der Waals surface area contributed by atoms with Crippen LogP contribution in [0.5, 0.6) is 0 Å². The maximum atomic E-state index is 14.8. The summed E-state index contributed by atoms with van der Waals surface area (Å²) < 4.78 is 42.7. The zero-order valence-corrected chi connectivity index (χ0v) is 16.7. The van der Waals surface area contributed by atoms with Crippen molar-refractivity contribution in [2.45, 2.75) is 18.8 Å². The van der Waals surface area contributed by atoms with Crippen LogP contribution in [0.25, 0.3) is 0 Å². The Morgan fingerprint density at radius 1 is 0.867 bits per heavy atom. The van der Waals surface area contributed by atoms with Gasteiger partial charge in [0.15, 0.2) is 0 Å². The van der Waals surface area contributed by atoms with E-state index in [9.17, 15) is 22.8 Å². The lowest BCUT2D eigenvalue weighted by molar-refractivity contribution is -0.134. The van der Waals surface area contributed by atoms with E-state index in [1.54, 1.807) is 17.0 Å². The number of nitrogens with zero attached hydrogens (tertiary/aromatic N) is 2. The highest BCUT2D eigenvalue weighted by Crippen LogP contribution is 2.31. The second-order valence-corrected chi connectivity index (χ2v) is 7.81. The molecule has 1 atom stereocenters. The fraction of sp³-hybridized carbons (Fsp3) is 0.333. The van der Waals surface area contributed by atoms with Gasteiger partial charge in [0.1, 0.15) is 17.5 Å². The molecule has 1 N–H and O–H groups in total. The number of hydrogen-bond acceptors (Lipinski definition) is 4. The van der Waals surface area contributed by atoms with Crippen LogP contribution >= 0.6 is 11.6 Å². The van der Waals surface area contributed by atoms with Crippen molar-refractivity contribution >= 4 is 34.8 Å². The van der Waals surface area contributed by atoms with Gasteiger partial charge in [0.2, 0.25) is 11.8 Å². The lowest BCUT2D eigenvalue weighted by atomic mass is 9.90. The summed E-state index contributed by atoms with van der Waals surface area (Å²) in [6, 6.07) is 6.66. The van der Waals surface area contributed by atoms with Gasteiger partial charge in [0, 0.05) is 38.7 Å². The van der Waals surface area contributed by atoms with Crippen molar-refractivity contribution in [2.75, 3.05) is 36.0 Å². The molecule has 0 spiro atoms. The minimum atomic E-state index is -0.689. The van der Waals surface area contributed by atoms with Gasteiger partial charge in [-0.25, -0.2) is 13.2 Å². The third-order valence-corrected chi connectivity index (χ3v) is 5.85. The first-order valence-corrected chi connectivity index (χ1v) is 9.99. The van der Waals surface area contributed by atoms with Gasteiger partial charge in [0.05, 0.1) is 22.3 Å². The number of hydrogen-bond donors (Lipinski definition) is 1. The first-order valence-electron chi connectivity index (χ1n) is 9.61. The second kappa shape index (κ2) is 8.18. The molecule has 0 aromatic heterocycles. The highest BCUT2D eigenvalue weighted by Gasteiger charge is 2.29. The molecule has 9 heteroatoms. The minimum absolute atomic E-state index is 0.130. The maximum Gasteiger partial charge on any atom is 0.234 e. The van der Waals surface area contributed by atoms with Crippen LogP contribution in [0, 0.1) is 17.5 Å². The van der Waals surface area contributed by atoms with Crippen molar-refractivity contribution in [3.8, 4) is 0 Å². The summed E-state index contributed by atoms with van der Waals surface area (Å²) in [6.45, 7) is 1.59. The predicted molar refractivity (Wildman–Crippen MR) is 107 cm³/mol. The molecule has 2 aromatic carbocycles. The first kappa shape index (κ1) is 20.5. The van der Waals surface area contributed by atoms with E-state index in [4.69, 9.17) is 11.6 Å². The minimum Gasteiger partial charge on any atom is -0.366 e. The number of carbonyl (C=O) groups excluding carboxylic acids is 2. The molecule has 2 saturated heterocycles. The van der Waals surface area contributed by atoms with Gasteiger partial charge in [-0.1, -0.05) is 17.7 Å². The summed E-state index contributed by atoms with van der Waals surface area (Å²) in [5, 5.41) is 2.01. The average Bonchev–Trinajstić information content (AvgIpc) is 2.71. The SMILES string of the molecule is O=C1CCC(c2ccc(N3CCN(c4cc(F)c(Cl)cc4F)CC3)c(F)c2)C(=O)N1. The van der Waals surface area contributed by atoms with Crippen LogP contribution in [0.4, 0.5) is 24.5 Å². The highest BCUT2D eigenvalue weighted by molar-refractivity contribution is 6.30. The standard InChI is InChI=1S/C21H19ClF3N3O2/c22-14-10-17(25)19(11-15(14)23)28-7-5-27(6-8-28)18-3-1-12(9-16(18)24)13-2-4-20(29)26-21(13)30/h1,3,9-11,13H,2,4-8H2,(H,26,29,30). The van der Waals surface area contributed by atoms with E-state index in [1.165, 1.54) is 6.07 Å². The third-order valence-electron chi connectivity index (χ3n) is 5.56. The maximum absolute atomic E-state index is 14.8. The van der Waals surface area contributed by atoms with Crippen LogP contribution in [0.1, 0.15) is 24.3 Å². The molecule has 1 unspecified atom stereocenters. The molecule has 2 heterocycles. The van der Waals surface area contributed by atoms with Crippen molar-refractivity contribution in [1.82, 2.24) is 5.32 Å². The Morgan fingerprint density at radius 3 is 2.13 bits per heavy atom. The summed E-state index contributed by atoms with van der Waals surface area (Å²) in [5.74, 6) is -3.03. The molecular weight excluding hydrogens is 419 g/mol. The normalized spacial score (nSPS) is 19.8. The largest absolute Gasteiger partial charge is 0.366 e. The van der Waals surface area contributed by atoms with Gasteiger partial charge in [-0.3, -0.25) is 14.9 Å². The number of carbonyl (C=O) groups is 2. The topological polar surface area (TPSA) is 52.7 Å². The Balaban J connectivity index is 1.46. The molecule has 5 nitrogen and oxygen atoms in total. The molecule has 0 saturated carbocycles. The lowest BCUT2D eigenvalue weighted by Crippen LogP contribution is -2.47. The van der Waals surface area contributed by atoms with Crippen molar-refractivity contribution < 1.29 is 22.8 Å². The molecule has 30 heavy (non-hydrogen) atoms. The quantitative estimate of drug-likeness (QED) is 0.589. The number of amides is 2. The Morgan fingerprint density at radius 2 is 1.50 bits per heavy atom. The van der Waals surface area contributed by atoms with Crippen LogP contribution in [-0.2, 0) is 9.59 Å². The van der Waals surface area contributed by atoms with E-state index in [-0.39, 0.29) is 23.0 Å². The first-order chi connectivity index (χ1) is 14.3. The highest BCUT2D eigenvalue weighted by atomic mass is 35.5. The van der Waals surface area contributed by atoms with E-state index in [1.807, 2.05) is 4.90 Å². The Bertz CT molecular complexity index is 1010. The lowest BCUT2D eigenvalue weighted by Gasteiger charge is -2.37. The zero-order valence-electron chi connectivity index (χ0n) is 15.9. The monoisotopic (exact) mass is 437 g/mol. The van der Waals surface area contributed by atoms with Crippen LogP contribution in [0.3, 0.4) is 0 Å². The molecule has 0 radical (unpaired) electrons. The van der Waals surface area contributed by atoms with Gasteiger partial charge in [0.25, 0.3) is 0 Å². The number of rotatable bonds is 3. The van der Waals surface area contributed by atoms with Crippen LogP contribution in [-0.4, -0.2) is 38.0 Å². The number of halogens is 4. The molecule has 2 aliphatic heterocycles. The van der Waals surface area contributed by atoms with Gasteiger partial charge in [-0.05, 0) is 30.2 Å². The number of piperidine rings is 1. The van der Waals surface area contributed by atoms with Crippen molar-refractivity contribution in [3.05, 3.63) is 58.4 Å². The number of imide groups is 1. The molecule has 158 valence electrons. The summed E-state index contributed by atoms with van der Waals surface area (Å²) >= 11 is 5.61. The molecule has 0 aliphatic carbocycles. The van der Waals surface area contributed by atoms with E-state index >= 15 is 0 Å². The van der Waals surface area contributed by atoms with Gasteiger partial charge in [-0.15, -0.1) is 0 Å². The molecule has 0 bridgehead atoms. The molecule has 2 fully saturated rings. The predicted octanol–water partition coefficient (Wildman–Crippen LogP) is 3.60. The van der Waals surface area contributed by atoms with Crippen molar-refractivity contribution in [3.63, 3.8) is 0 Å². The summed E-state index contributed by atoms with van der Waals surface area (Å²) in [6.07, 6.45) is 0.578. The van der Waals surface area contributed by atoms with E-state index in [0.29, 0.717) is 43.9 Å². The van der Waals surface area contributed by atoms with Crippen LogP contribution in [0.2, 0.25) is 5.02 Å². The fourth-order valence-corrected chi connectivity index (χ4v) is 4.10. The van der Waals surface area contributed by atoms with Crippen molar-refractivity contribution in [2.24, 2.45) is 0 Å². The zero-order chi connectivity index (χ0) is 21.4. The van der Waals surface area contributed by atoms with Gasteiger partial charge < -0.3 is 9.80 Å². The van der Waals surface area contributed by atoms with E-state index < -0.39 is 29.3 Å². The average molecular weight is 438 g/mol. The van der Waals surface area contributed by atoms with E-state index in [0.717, 1.165) is 12.1 Å². The fourth-order valence-electron chi connectivity index (χ4n) is 3.95. The second-order valence-electron chi connectivity index (χ2n) is 7.41. The number of piperazine rings is 1. The summed E-state index contributed by atoms with van der Waals surface area (Å²) in [4.78, 5) is 26.8. The Kier molecular flexibility index (Phi) is 5.60. The smallest absolute Gasteiger partial charge is 0.234 e. The summed E-state index contributed by atoms with van der Waals surface area (Å²) in [5.41, 5.74) is 1.04. The Labute approximate surface area is 176 Å². The Hall–Kier alpha value is -2.74. The molecule has 2 amide bonds. The summed E-state index contributed by atoms with van der Waals surface area (Å²) in [7, 11) is 0. The number of nitrogens with one attached hydrogen (secondary N) is 1. The molecule has 4 rings (SSSR count). The molecular formula is C21H19ClF3N3O2. The van der Waals surface area contributed by atoms with Gasteiger partial charge in [-0.2, -0.15) is 0 Å². The number of anilines is 2. The van der Waals surface area contributed by atoms with E-state index in [2.05, 4.69) is 5.32 Å². The number of benzene rings is 2. The molecule has 2 aliphatic rings. The van der Waals surface area contributed by atoms with Crippen LogP contribution < -0.4 is 15.1 Å². The van der Waals surface area contributed by atoms with Gasteiger partial charge >= 0.3 is 0 Å². The van der Waals surface area contributed by atoms with Crippen molar-refractivity contribution in [1.29, 1.82) is 0 Å². The van der Waals surface area contributed by atoms with Crippen LogP contribution in [0.15, 0.2) is 30.3 Å². The molecule has 2 aromatic rings. The third kappa shape index (κ3) is 3.96.